The molecule has 0 aromatic carbocycles. The summed E-state index contributed by atoms with van der Waals surface area (Å²) in [5.74, 6) is 0.508. The maximum absolute atomic E-state index is 12.4. The third-order valence-electron chi connectivity index (χ3n) is 5.50. The van der Waals surface area contributed by atoms with Crippen molar-refractivity contribution < 1.29 is 4.79 Å². The molecule has 0 spiro atoms. The first-order valence-corrected chi connectivity index (χ1v) is 10.5. The zero-order valence-electron chi connectivity index (χ0n) is 17.9. The highest BCUT2D eigenvalue weighted by Gasteiger charge is 2.18. The maximum Gasteiger partial charge on any atom is 0.320 e. The second-order valence-electron chi connectivity index (χ2n) is 8.19. The summed E-state index contributed by atoms with van der Waals surface area (Å²) in [7, 11) is 0. The van der Waals surface area contributed by atoms with Crippen LogP contribution in [-0.2, 0) is 6.54 Å². The molecule has 1 saturated carbocycles. The van der Waals surface area contributed by atoms with Gasteiger partial charge in [0.1, 0.15) is 12.1 Å². The Morgan fingerprint density at radius 1 is 1.17 bits per heavy atom. The van der Waals surface area contributed by atoms with Crippen molar-refractivity contribution in [1.29, 1.82) is 0 Å². The Hall–Kier alpha value is -1.93. The van der Waals surface area contributed by atoms with Gasteiger partial charge in [-0.3, -0.25) is 10.2 Å². The van der Waals surface area contributed by atoms with Crippen molar-refractivity contribution in [1.82, 2.24) is 30.0 Å². The predicted octanol–water partition coefficient (Wildman–Crippen LogP) is 3.82. The minimum Gasteiger partial charge on any atom is -0.335 e. The van der Waals surface area contributed by atoms with E-state index in [1.54, 1.807) is 6.20 Å². The normalized spacial score (nSPS) is 15.1. The van der Waals surface area contributed by atoms with Crippen LogP contribution < -0.4 is 10.6 Å². The summed E-state index contributed by atoms with van der Waals surface area (Å²) in [6.45, 7) is 10.4. The Morgan fingerprint density at radius 3 is 2.52 bits per heavy atom. The second kappa shape index (κ2) is 10.7. The summed E-state index contributed by atoms with van der Waals surface area (Å²) in [4.78, 5) is 23.5. The monoisotopic (exact) mass is 423 g/mol. The molecule has 0 atom stereocenters. The van der Waals surface area contributed by atoms with Crippen LogP contribution in [0, 0.1) is 0 Å². The van der Waals surface area contributed by atoms with E-state index in [2.05, 4.69) is 58.3 Å². The Bertz CT molecular complexity index is 778. The minimum absolute atomic E-state index is 0. The minimum atomic E-state index is -0.203. The van der Waals surface area contributed by atoms with Gasteiger partial charge in [-0.05, 0) is 40.5 Å². The molecule has 2 N–H and O–H groups in total. The van der Waals surface area contributed by atoms with Crippen LogP contribution in [0.2, 0.25) is 0 Å². The predicted molar refractivity (Wildman–Crippen MR) is 119 cm³/mol. The molecule has 2 amide bonds. The number of nitrogens with one attached hydrogen (secondary N) is 2. The Labute approximate surface area is 179 Å². The number of urea groups is 1. The van der Waals surface area contributed by atoms with Gasteiger partial charge in [-0.1, -0.05) is 19.3 Å². The van der Waals surface area contributed by atoms with Crippen LogP contribution >= 0.6 is 12.4 Å². The molecule has 0 radical (unpaired) electrons. The number of amides is 2. The maximum atomic E-state index is 12.4. The van der Waals surface area contributed by atoms with E-state index in [4.69, 9.17) is 0 Å². The van der Waals surface area contributed by atoms with Crippen molar-refractivity contribution in [3.05, 3.63) is 12.5 Å². The number of carbonyl (C=O) groups excluding carboxylic acids is 1. The standard InChI is InChI=1S/C20H33N7O.ClH/c1-14(2)26(15(3)4)10-11-27-19-17(12-23-27)18(21-13-22-19)25-20(28)24-16-8-6-5-7-9-16;/h12-16H,5-11H2,1-4H3,(H2,21,22,24,25,28);1H. The van der Waals surface area contributed by atoms with E-state index in [1.807, 2.05) is 4.68 Å². The molecular weight excluding hydrogens is 390 g/mol. The largest absolute Gasteiger partial charge is 0.335 e. The van der Waals surface area contributed by atoms with Crippen LogP contribution in [0.25, 0.3) is 11.0 Å². The fourth-order valence-electron chi connectivity index (χ4n) is 4.06. The molecule has 29 heavy (non-hydrogen) atoms. The lowest BCUT2D eigenvalue weighted by Gasteiger charge is -2.30. The fourth-order valence-corrected chi connectivity index (χ4v) is 4.06. The highest BCUT2D eigenvalue weighted by atomic mass is 35.5. The van der Waals surface area contributed by atoms with Gasteiger partial charge in [0.15, 0.2) is 5.65 Å². The third-order valence-corrected chi connectivity index (χ3v) is 5.50. The number of fused-ring (bicyclic) bond motifs is 1. The Kier molecular flexibility index (Phi) is 8.64. The summed E-state index contributed by atoms with van der Waals surface area (Å²) in [5.41, 5.74) is 0.746. The smallest absolute Gasteiger partial charge is 0.320 e. The lowest BCUT2D eigenvalue weighted by atomic mass is 9.96. The average molecular weight is 424 g/mol. The molecule has 0 unspecified atom stereocenters. The fraction of sp³-hybridized carbons (Fsp3) is 0.700. The van der Waals surface area contributed by atoms with Crippen LogP contribution in [0.3, 0.4) is 0 Å². The van der Waals surface area contributed by atoms with Gasteiger partial charge in [-0.25, -0.2) is 19.4 Å². The molecule has 1 aliphatic carbocycles. The highest BCUT2D eigenvalue weighted by molar-refractivity contribution is 5.97. The number of hydrogen-bond donors (Lipinski definition) is 2. The zero-order chi connectivity index (χ0) is 20.1. The second-order valence-corrected chi connectivity index (χ2v) is 8.19. The van der Waals surface area contributed by atoms with E-state index >= 15 is 0 Å². The van der Waals surface area contributed by atoms with Crippen molar-refractivity contribution in [3.8, 4) is 0 Å². The first kappa shape index (κ1) is 23.3. The average Bonchev–Trinajstić information content (AvgIpc) is 3.06. The van der Waals surface area contributed by atoms with Crippen molar-refractivity contribution in [3.63, 3.8) is 0 Å². The van der Waals surface area contributed by atoms with E-state index < -0.39 is 0 Å². The molecule has 8 nitrogen and oxygen atoms in total. The molecular formula is C20H34ClN7O. The van der Waals surface area contributed by atoms with Gasteiger partial charge in [0.05, 0.1) is 18.1 Å². The first-order valence-electron chi connectivity index (χ1n) is 10.5. The van der Waals surface area contributed by atoms with Crippen molar-refractivity contribution in [2.75, 3.05) is 11.9 Å². The van der Waals surface area contributed by atoms with E-state index in [1.165, 1.54) is 25.6 Å². The molecule has 1 fully saturated rings. The zero-order valence-corrected chi connectivity index (χ0v) is 18.7. The van der Waals surface area contributed by atoms with Crippen molar-refractivity contribution >= 4 is 35.3 Å². The van der Waals surface area contributed by atoms with E-state index in [0.29, 0.717) is 17.9 Å². The van der Waals surface area contributed by atoms with Crippen molar-refractivity contribution in [2.45, 2.75) is 84.5 Å². The summed E-state index contributed by atoms with van der Waals surface area (Å²) < 4.78 is 1.89. The highest BCUT2D eigenvalue weighted by Crippen LogP contribution is 2.20. The first-order chi connectivity index (χ1) is 13.5. The molecule has 2 heterocycles. The van der Waals surface area contributed by atoms with Gasteiger partial charge in [0.25, 0.3) is 0 Å². The molecule has 0 aliphatic heterocycles. The molecule has 0 bridgehead atoms. The van der Waals surface area contributed by atoms with Crippen LogP contribution in [-0.4, -0.2) is 55.3 Å². The summed E-state index contributed by atoms with van der Waals surface area (Å²) >= 11 is 0. The third kappa shape index (κ3) is 6.02. The van der Waals surface area contributed by atoms with E-state index in [0.717, 1.165) is 37.0 Å². The van der Waals surface area contributed by atoms with Crippen LogP contribution in [0.1, 0.15) is 59.8 Å². The van der Waals surface area contributed by atoms with Gasteiger partial charge in [0.2, 0.25) is 0 Å². The number of hydrogen-bond acceptors (Lipinski definition) is 5. The molecule has 0 saturated heterocycles. The van der Waals surface area contributed by atoms with Gasteiger partial charge < -0.3 is 5.32 Å². The molecule has 1 aliphatic rings. The molecule has 2 aromatic rings. The number of carbonyl (C=O) groups is 1. The van der Waals surface area contributed by atoms with Crippen LogP contribution in [0.5, 0.6) is 0 Å². The number of nitrogens with zero attached hydrogens (tertiary/aromatic N) is 5. The van der Waals surface area contributed by atoms with Gasteiger partial charge in [-0.2, -0.15) is 5.10 Å². The molecule has 3 rings (SSSR count). The van der Waals surface area contributed by atoms with Crippen LogP contribution in [0.15, 0.2) is 12.5 Å². The number of halogens is 1. The molecule has 9 heteroatoms. The SMILES string of the molecule is CC(C)N(CCn1ncc2c(NC(=O)NC3CCCCC3)ncnc21)C(C)C.Cl. The number of rotatable bonds is 7. The molecule has 162 valence electrons. The van der Waals surface area contributed by atoms with Gasteiger partial charge >= 0.3 is 6.03 Å². The quantitative estimate of drug-likeness (QED) is 0.706. The number of anilines is 1. The van der Waals surface area contributed by atoms with Crippen LogP contribution in [0.4, 0.5) is 10.6 Å². The topological polar surface area (TPSA) is 88.0 Å². The molecule has 2 aromatic heterocycles. The Balaban J connectivity index is 0.00000300. The Morgan fingerprint density at radius 2 is 1.86 bits per heavy atom. The van der Waals surface area contributed by atoms with Crippen molar-refractivity contribution in [2.24, 2.45) is 0 Å². The van der Waals surface area contributed by atoms with E-state index in [9.17, 15) is 4.79 Å². The lowest BCUT2D eigenvalue weighted by molar-refractivity contribution is 0.167. The summed E-state index contributed by atoms with van der Waals surface area (Å²) in [6.07, 6.45) is 8.94. The lowest BCUT2D eigenvalue weighted by Crippen LogP contribution is -2.39. The van der Waals surface area contributed by atoms with Gasteiger partial charge in [0, 0.05) is 24.7 Å². The summed E-state index contributed by atoms with van der Waals surface area (Å²) in [6, 6.07) is 0.992. The van der Waals surface area contributed by atoms with E-state index in [-0.39, 0.29) is 24.5 Å². The summed E-state index contributed by atoms with van der Waals surface area (Å²) in [5, 5.41) is 11.2. The van der Waals surface area contributed by atoms with Gasteiger partial charge in [-0.15, -0.1) is 12.4 Å². The number of aromatic nitrogens is 4.